The molecule has 2 fully saturated rings. The van der Waals surface area contributed by atoms with E-state index in [1.165, 1.54) is 6.42 Å². The maximum atomic E-state index is 9.00. The predicted octanol–water partition coefficient (Wildman–Crippen LogP) is -1.35. The number of amides is 2. The van der Waals surface area contributed by atoms with E-state index in [9.17, 15) is 0 Å². The molecule has 0 atom stereocenters. The number of hydrogen-bond donors (Lipinski definition) is 5. The van der Waals surface area contributed by atoms with Gasteiger partial charge in [-0.15, -0.1) is 0 Å². The molecule has 0 aromatic heterocycles. The summed E-state index contributed by atoms with van der Waals surface area (Å²) in [5.41, 5.74) is 19.0. The van der Waals surface area contributed by atoms with Crippen LogP contribution in [0.15, 0.2) is 0 Å². The highest BCUT2D eigenvalue weighted by molar-refractivity contribution is 5.69. The number of ether oxygens (including phenoxy) is 2. The van der Waals surface area contributed by atoms with Crippen LogP contribution in [0, 0.1) is 0 Å². The highest BCUT2D eigenvalue weighted by Crippen LogP contribution is 1.89. The standard InChI is InChI=1S/C5H14N2.C5H11NO.C4H9NO.CH4N2O/c6-4-2-1-3-5-7;1-6-2-4-7-5-3-6;1-3-6-4-2-5-1;2-1(3)4/h1-7H2;2-5H2,1H3;5H,1-4H2;(H4,2,3,4). The van der Waals surface area contributed by atoms with Crippen LogP contribution >= 0.6 is 0 Å². The summed E-state index contributed by atoms with van der Waals surface area (Å²) < 4.78 is 10.1. The molecule has 24 heavy (non-hydrogen) atoms. The predicted molar refractivity (Wildman–Crippen MR) is 97.7 cm³/mol. The van der Waals surface area contributed by atoms with Gasteiger partial charge in [-0.25, -0.2) is 4.79 Å². The summed E-state index contributed by atoms with van der Waals surface area (Å²) in [6.45, 7) is 9.47. The lowest BCUT2D eigenvalue weighted by molar-refractivity contribution is 0.0503. The smallest absolute Gasteiger partial charge is 0.309 e. The molecule has 2 aliphatic heterocycles. The number of carbonyl (C=O) groups excluding carboxylic acids is 1. The Morgan fingerprint density at radius 2 is 1.33 bits per heavy atom. The molecule has 2 aliphatic rings. The molecule has 0 aromatic rings. The van der Waals surface area contributed by atoms with Gasteiger partial charge in [0.15, 0.2) is 0 Å². The molecule has 2 heterocycles. The number of urea groups is 1. The Bertz CT molecular complexity index is 230. The highest BCUT2D eigenvalue weighted by Gasteiger charge is 2.02. The molecule has 0 aromatic carbocycles. The fraction of sp³-hybridized carbons (Fsp3) is 0.933. The third kappa shape index (κ3) is 29.1. The molecular weight excluding hydrogens is 312 g/mol. The zero-order valence-corrected chi connectivity index (χ0v) is 15.2. The molecule has 0 aliphatic carbocycles. The van der Waals surface area contributed by atoms with Gasteiger partial charge in [0.25, 0.3) is 0 Å². The number of morpholine rings is 2. The molecule has 0 spiro atoms. The van der Waals surface area contributed by atoms with Gasteiger partial charge in [0, 0.05) is 26.2 Å². The minimum atomic E-state index is -0.833. The van der Waals surface area contributed by atoms with E-state index >= 15 is 0 Å². The topological polar surface area (TPSA) is 155 Å². The van der Waals surface area contributed by atoms with E-state index in [2.05, 4.69) is 28.7 Å². The molecule has 146 valence electrons. The summed E-state index contributed by atoms with van der Waals surface area (Å²) in [5, 5.41) is 3.16. The van der Waals surface area contributed by atoms with E-state index in [1.54, 1.807) is 0 Å². The Morgan fingerprint density at radius 1 is 0.917 bits per heavy atom. The number of unbranched alkanes of at least 4 members (excludes halogenated alkanes) is 2. The first-order valence-electron chi connectivity index (χ1n) is 8.54. The Hall–Kier alpha value is -0.970. The quantitative estimate of drug-likeness (QED) is 0.393. The van der Waals surface area contributed by atoms with E-state index in [4.69, 9.17) is 25.7 Å². The van der Waals surface area contributed by atoms with Crippen LogP contribution in [0.5, 0.6) is 0 Å². The van der Waals surface area contributed by atoms with Gasteiger partial charge < -0.3 is 42.6 Å². The van der Waals surface area contributed by atoms with Crippen LogP contribution < -0.4 is 28.3 Å². The van der Waals surface area contributed by atoms with Gasteiger partial charge in [-0.05, 0) is 33.0 Å². The molecule has 9 N–H and O–H groups in total. The van der Waals surface area contributed by atoms with Crippen LogP contribution in [0.1, 0.15) is 19.3 Å². The maximum absolute atomic E-state index is 9.00. The minimum Gasteiger partial charge on any atom is -0.379 e. The van der Waals surface area contributed by atoms with Gasteiger partial charge in [0.1, 0.15) is 0 Å². The fourth-order valence-electron chi connectivity index (χ4n) is 1.64. The van der Waals surface area contributed by atoms with E-state index in [-0.39, 0.29) is 0 Å². The van der Waals surface area contributed by atoms with E-state index in [1.807, 2.05) is 0 Å². The molecule has 0 saturated carbocycles. The van der Waals surface area contributed by atoms with E-state index in [0.717, 1.165) is 78.5 Å². The largest absolute Gasteiger partial charge is 0.379 e. The summed E-state index contributed by atoms with van der Waals surface area (Å²) in [4.78, 5) is 11.3. The van der Waals surface area contributed by atoms with Gasteiger partial charge in [-0.2, -0.15) is 0 Å². The number of nitrogens with zero attached hydrogens (tertiary/aromatic N) is 1. The van der Waals surface area contributed by atoms with Crippen molar-refractivity contribution in [3.8, 4) is 0 Å². The van der Waals surface area contributed by atoms with Crippen molar-refractivity contribution >= 4 is 6.03 Å². The van der Waals surface area contributed by atoms with Gasteiger partial charge in [0.05, 0.1) is 26.4 Å². The van der Waals surface area contributed by atoms with Gasteiger partial charge in [-0.1, -0.05) is 6.42 Å². The second-order valence-electron chi connectivity index (χ2n) is 5.32. The van der Waals surface area contributed by atoms with Gasteiger partial charge >= 0.3 is 6.03 Å². The third-order valence-electron chi connectivity index (χ3n) is 2.99. The molecule has 0 radical (unpaired) electrons. The number of nitrogens with one attached hydrogen (secondary N) is 1. The number of nitrogens with two attached hydrogens (primary N) is 4. The molecule has 9 nitrogen and oxygen atoms in total. The second kappa shape index (κ2) is 22.0. The summed E-state index contributed by atoms with van der Waals surface area (Å²) >= 11 is 0. The van der Waals surface area contributed by atoms with Gasteiger partial charge in [-0.3, -0.25) is 0 Å². The maximum Gasteiger partial charge on any atom is 0.309 e. The Kier molecular flexibility index (Phi) is 23.2. The van der Waals surface area contributed by atoms with E-state index < -0.39 is 6.03 Å². The Labute approximate surface area is 146 Å². The first kappa shape index (κ1) is 25.3. The molecule has 0 bridgehead atoms. The summed E-state index contributed by atoms with van der Waals surface area (Å²) in [5.74, 6) is 0. The van der Waals surface area contributed by atoms with Crippen molar-refractivity contribution in [2.75, 3.05) is 72.7 Å². The van der Waals surface area contributed by atoms with Crippen molar-refractivity contribution in [1.29, 1.82) is 0 Å². The van der Waals surface area contributed by atoms with Crippen molar-refractivity contribution in [3.63, 3.8) is 0 Å². The highest BCUT2D eigenvalue weighted by atomic mass is 16.5. The fourth-order valence-corrected chi connectivity index (χ4v) is 1.64. The number of hydrogen-bond acceptors (Lipinski definition) is 7. The molecule has 2 saturated heterocycles. The third-order valence-corrected chi connectivity index (χ3v) is 2.99. The lowest BCUT2D eigenvalue weighted by Crippen LogP contribution is -2.32. The first-order chi connectivity index (χ1) is 11.5. The molecular formula is C15H38N6O3. The van der Waals surface area contributed by atoms with Crippen molar-refractivity contribution < 1.29 is 14.3 Å². The summed E-state index contributed by atoms with van der Waals surface area (Å²) in [6, 6.07) is -0.833. The normalized spacial score (nSPS) is 17.1. The van der Waals surface area contributed by atoms with Crippen LogP contribution in [-0.2, 0) is 9.47 Å². The first-order valence-corrected chi connectivity index (χ1v) is 8.54. The lowest BCUT2D eigenvalue weighted by Gasteiger charge is -2.21. The van der Waals surface area contributed by atoms with Crippen molar-refractivity contribution in [1.82, 2.24) is 10.2 Å². The van der Waals surface area contributed by atoms with Crippen LogP contribution in [0.2, 0.25) is 0 Å². The Balaban J connectivity index is 0. The molecule has 9 heteroatoms. The molecule has 2 rings (SSSR count). The Morgan fingerprint density at radius 3 is 1.54 bits per heavy atom. The van der Waals surface area contributed by atoms with Crippen molar-refractivity contribution in [3.05, 3.63) is 0 Å². The van der Waals surface area contributed by atoms with Crippen LogP contribution in [0.4, 0.5) is 4.79 Å². The van der Waals surface area contributed by atoms with Crippen molar-refractivity contribution in [2.45, 2.75) is 19.3 Å². The van der Waals surface area contributed by atoms with E-state index in [0.29, 0.717) is 0 Å². The number of rotatable bonds is 4. The summed E-state index contributed by atoms with van der Waals surface area (Å²) in [7, 11) is 2.11. The minimum absolute atomic E-state index is 0.806. The lowest BCUT2D eigenvalue weighted by atomic mass is 10.2. The van der Waals surface area contributed by atoms with Crippen LogP contribution in [0.25, 0.3) is 0 Å². The monoisotopic (exact) mass is 350 g/mol. The number of primary amides is 2. The molecule has 0 unspecified atom stereocenters. The SMILES string of the molecule is C1COCCN1.CN1CCOCC1.NC(N)=O.NCCCCCN. The second-order valence-corrected chi connectivity index (χ2v) is 5.32. The van der Waals surface area contributed by atoms with Gasteiger partial charge in [0.2, 0.25) is 0 Å². The zero-order valence-electron chi connectivity index (χ0n) is 15.2. The number of likely N-dealkylation sites (N-methyl/N-ethyl adjacent to an activating group) is 1. The van der Waals surface area contributed by atoms with Crippen LogP contribution in [-0.4, -0.2) is 83.7 Å². The average molecular weight is 351 g/mol. The van der Waals surface area contributed by atoms with Crippen molar-refractivity contribution in [2.24, 2.45) is 22.9 Å². The average Bonchev–Trinajstić information content (AvgIpc) is 2.58. The number of carbonyl (C=O) groups is 1. The molecule has 2 amide bonds. The summed E-state index contributed by atoms with van der Waals surface area (Å²) in [6.07, 6.45) is 3.43. The zero-order chi connectivity index (χ0) is 18.5. The van der Waals surface area contributed by atoms with Crippen LogP contribution in [0.3, 0.4) is 0 Å².